The van der Waals surface area contributed by atoms with Crippen LogP contribution < -0.4 is 9.47 Å². The van der Waals surface area contributed by atoms with Crippen LogP contribution in [0, 0.1) is 5.92 Å². The van der Waals surface area contributed by atoms with Gasteiger partial charge in [-0.25, -0.2) is 0 Å². The normalized spacial score (nSPS) is 29.2. The number of fused-ring (bicyclic) bond motifs is 3. The highest BCUT2D eigenvalue weighted by Gasteiger charge is 2.45. The van der Waals surface area contributed by atoms with Gasteiger partial charge in [-0.2, -0.15) is 0 Å². The standard InChI is InChI=1S/C19H29NO3.ClH/c1-5-14-12-20-8-7-13-9-17(22-3)18(23-4)10-15(13)16(20)11-19(14,21)6-2;/h9-10,14,16,21H,5-8,11-12H2,1-4H3;1H. The highest BCUT2D eigenvalue weighted by atomic mass is 35.5. The quantitative estimate of drug-likeness (QED) is 0.896. The van der Waals surface area contributed by atoms with Gasteiger partial charge in [0.05, 0.1) is 19.8 Å². The zero-order valence-electron chi connectivity index (χ0n) is 15.2. The molecule has 2 heterocycles. The second-order valence-corrected chi connectivity index (χ2v) is 6.93. The molecule has 3 atom stereocenters. The summed E-state index contributed by atoms with van der Waals surface area (Å²) >= 11 is 0. The van der Waals surface area contributed by atoms with E-state index in [1.54, 1.807) is 14.2 Å². The fraction of sp³-hybridized carbons (Fsp3) is 0.684. The van der Waals surface area contributed by atoms with Gasteiger partial charge in [0.1, 0.15) is 0 Å². The summed E-state index contributed by atoms with van der Waals surface area (Å²) in [5.41, 5.74) is 2.07. The van der Waals surface area contributed by atoms with Gasteiger partial charge in [-0.05, 0) is 48.9 Å². The molecule has 2 aliphatic heterocycles. The van der Waals surface area contributed by atoms with E-state index in [0.717, 1.165) is 50.3 Å². The van der Waals surface area contributed by atoms with Gasteiger partial charge in [0.2, 0.25) is 0 Å². The van der Waals surface area contributed by atoms with Gasteiger partial charge >= 0.3 is 0 Å². The summed E-state index contributed by atoms with van der Waals surface area (Å²) in [6, 6.07) is 4.52. The van der Waals surface area contributed by atoms with Crippen LogP contribution in [0.1, 0.15) is 50.3 Å². The van der Waals surface area contributed by atoms with E-state index < -0.39 is 5.60 Å². The van der Waals surface area contributed by atoms with Crippen LogP contribution >= 0.6 is 12.4 Å². The zero-order chi connectivity index (χ0) is 16.6. The van der Waals surface area contributed by atoms with Crippen molar-refractivity contribution in [2.24, 2.45) is 5.92 Å². The minimum Gasteiger partial charge on any atom is -0.493 e. The average molecular weight is 356 g/mol. The Hall–Kier alpha value is -0.970. The van der Waals surface area contributed by atoms with Crippen molar-refractivity contribution >= 4 is 12.4 Å². The van der Waals surface area contributed by atoms with Crippen LogP contribution in [0.5, 0.6) is 11.5 Å². The molecule has 0 aromatic heterocycles. The molecular weight excluding hydrogens is 326 g/mol. The molecule has 1 N–H and O–H groups in total. The van der Waals surface area contributed by atoms with E-state index in [9.17, 15) is 5.11 Å². The molecule has 0 saturated carbocycles. The van der Waals surface area contributed by atoms with Gasteiger partial charge in [0, 0.05) is 25.0 Å². The Morgan fingerprint density at radius 1 is 1.21 bits per heavy atom. The van der Waals surface area contributed by atoms with Crippen molar-refractivity contribution in [1.29, 1.82) is 0 Å². The number of aliphatic hydroxyl groups is 1. The topological polar surface area (TPSA) is 41.9 Å². The Morgan fingerprint density at radius 3 is 2.46 bits per heavy atom. The smallest absolute Gasteiger partial charge is 0.161 e. The number of ether oxygens (including phenoxy) is 2. The van der Waals surface area contributed by atoms with Crippen molar-refractivity contribution in [3.8, 4) is 11.5 Å². The van der Waals surface area contributed by atoms with Crippen molar-refractivity contribution in [1.82, 2.24) is 4.90 Å². The molecule has 1 fully saturated rings. The molecule has 0 aliphatic carbocycles. The number of piperidine rings is 1. The van der Waals surface area contributed by atoms with E-state index in [1.165, 1.54) is 11.1 Å². The number of nitrogens with zero attached hydrogens (tertiary/aromatic N) is 1. The molecule has 1 aromatic rings. The number of hydrogen-bond acceptors (Lipinski definition) is 4. The Kier molecular flexibility index (Phi) is 6.05. The second-order valence-electron chi connectivity index (χ2n) is 6.93. The molecule has 1 aromatic carbocycles. The van der Waals surface area contributed by atoms with Crippen molar-refractivity contribution < 1.29 is 14.6 Å². The van der Waals surface area contributed by atoms with E-state index in [-0.39, 0.29) is 18.4 Å². The number of hydrogen-bond donors (Lipinski definition) is 1. The van der Waals surface area contributed by atoms with E-state index >= 15 is 0 Å². The predicted molar refractivity (Wildman–Crippen MR) is 98.5 cm³/mol. The maximum Gasteiger partial charge on any atom is 0.161 e. The Morgan fingerprint density at radius 2 is 1.88 bits per heavy atom. The number of rotatable bonds is 4. The maximum atomic E-state index is 11.1. The Balaban J connectivity index is 0.00000208. The lowest BCUT2D eigenvalue weighted by Gasteiger charge is -2.51. The lowest BCUT2D eigenvalue weighted by molar-refractivity contribution is -0.101. The molecule has 2 aliphatic rings. The average Bonchev–Trinajstić information content (AvgIpc) is 2.59. The highest BCUT2D eigenvalue weighted by Crippen LogP contribution is 2.47. The fourth-order valence-corrected chi connectivity index (χ4v) is 4.43. The molecule has 24 heavy (non-hydrogen) atoms. The maximum absolute atomic E-state index is 11.1. The third-order valence-corrected chi connectivity index (χ3v) is 5.98. The summed E-state index contributed by atoms with van der Waals surface area (Å²) in [5.74, 6) is 1.95. The Labute approximate surface area is 151 Å². The number of halogens is 1. The highest BCUT2D eigenvalue weighted by molar-refractivity contribution is 5.85. The van der Waals surface area contributed by atoms with Gasteiger partial charge in [-0.3, -0.25) is 4.90 Å². The molecule has 3 rings (SSSR count). The van der Waals surface area contributed by atoms with E-state index in [2.05, 4.69) is 30.9 Å². The van der Waals surface area contributed by atoms with Crippen LogP contribution in [0.15, 0.2) is 12.1 Å². The summed E-state index contributed by atoms with van der Waals surface area (Å²) in [6.45, 7) is 6.34. The lowest BCUT2D eigenvalue weighted by Crippen LogP contribution is -2.54. The van der Waals surface area contributed by atoms with Crippen molar-refractivity contribution in [3.05, 3.63) is 23.3 Å². The van der Waals surface area contributed by atoms with Crippen LogP contribution in [-0.2, 0) is 6.42 Å². The third kappa shape index (κ3) is 3.12. The fourth-order valence-electron chi connectivity index (χ4n) is 4.43. The van der Waals surface area contributed by atoms with Crippen LogP contribution in [-0.4, -0.2) is 42.9 Å². The summed E-state index contributed by atoms with van der Waals surface area (Å²) in [7, 11) is 3.36. The minimum atomic E-state index is -0.558. The predicted octanol–water partition coefficient (Wildman–Crippen LogP) is 3.60. The van der Waals surface area contributed by atoms with Gasteiger partial charge in [-0.15, -0.1) is 12.4 Å². The molecule has 0 spiro atoms. The first-order valence-corrected chi connectivity index (χ1v) is 8.77. The van der Waals surface area contributed by atoms with Crippen molar-refractivity contribution in [3.63, 3.8) is 0 Å². The van der Waals surface area contributed by atoms with Gasteiger partial charge < -0.3 is 14.6 Å². The first-order chi connectivity index (χ1) is 11.1. The van der Waals surface area contributed by atoms with Crippen LogP contribution in [0.25, 0.3) is 0 Å². The SMILES string of the molecule is CCC1CN2CCc3cc(OC)c(OC)cc3C2CC1(O)CC.Cl. The van der Waals surface area contributed by atoms with Crippen LogP contribution in [0.3, 0.4) is 0 Å². The molecule has 1 saturated heterocycles. The Bertz CT molecular complexity index is 580. The molecule has 4 nitrogen and oxygen atoms in total. The molecule has 0 amide bonds. The van der Waals surface area contributed by atoms with E-state index in [1.807, 2.05) is 0 Å². The lowest BCUT2D eigenvalue weighted by atomic mass is 9.71. The van der Waals surface area contributed by atoms with Crippen molar-refractivity contribution in [2.75, 3.05) is 27.3 Å². The minimum absolute atomic E-state index is 0. The largest absolute Gasteiger partial charge is 0.493 e. The van der Waals surface area contributed by atoms with Gasteiger partial charge in [0.15, 0.2) is 11.5 Å². The van der Waals surface area contributed by atoms with Crippen molar-refractivity contribution in [2.45, 2.75) is 51.2 Å². The number of benzene rings is 1. The van der Waals surface area contributed by atoms with Crippen LogP contribution in [0.4, 0.5) is 0 Å². The van der Waals surface area contributed by atoms with Gasteiger partial charge in [0.25, 0.3) is 0 Å². The molecule has 0 radical (unpaired) electrons. The third-order valence-electron chi connectivity index (χ3n) is 5.98. The molecule has 0 bridgehead atoms. The summed E-state index contributed by atoms with van der Waals surface area (Å²) < 4.78 is 10.9. The molecule has 3 unspecified atom stereocenters. The second kappa shape index (κ2) is 7.51. The molecule has 5 heteroatoms. The van der Waals surface area contributed by atoms with Gasteiger partial charge in [-0.1, -0.05) is 13.8 Å². The molecular formula is C19H30ClNO3. The van der Waals surface area contributed by atoms with E-state index in [4.69, 9.17) is 9.47 Å². The zero-order valence-corrected chi connectivity index (χ0v) is 16.0. The molecule has 136 valence electrons. The summed E-state index contributed by atoms with van der Waals surface area (Å²) in [5, 5.41) is 11.1. The monoisotopic (exact) mass is 355 g/mol. The van der Waals surface area contributed by atoms with Crippen LogP contribution in [0.2, 0.25) is 0 Å². The summed E-state index contributed by atoms with van der Waals surface area (Å²) in [4.78, 5) is 2.55. The first kappa shape index (κ1) is 19.4. The van der Waals surface area contributed by atoms with E-state index in [0.29, 0.717) is 5.92 Å². The first-order valence-electron chi connectivity index (χ1n) is 8.77. The summed E-state index contributed by atoms with van der Waals surface area (Å²) in [6.07, 6.45) is 3.70. The number of methoxy groups -OCH3 is 2.